The zero-order valence-corrected chi connectivity index (χ0v) is 42.8. The van der Waals surface area contributed by atoms with Gasteiger partial charge in [-0.25, -0.2) is 9.13 Å². The van der Waals surface area contributed by atoms with Gasteiger partial charge in [0.25, 0.3) is 0 Å². The third-order valence-electron chi connectivity index (χ3n) is 10.4. The number of hydrogen-bond acceptors (Lipinski definition) is 14. The van der Waals surface area contributed by atoms with Crippen molar-refractivity contribution in [3.8, 4) is 0 Å². The molecule has 70 heavy (non-hydrogen) atoms. The highest BCUT2D eigenvalue weighted by Crippen LogP contribution is 2.49. The maximum Gasteiger partial charge on any atom is 0.472 e. The van der Waals surface area contributed by atoms with Crippen LogP contribution >= 0.6 is 15.6 Å². The largest absolute Gasteiger partial charge is 0.472 e. The Labute approximate surface area is 415 Å². The summed E-state index contributed by atoms with van der Waals surface area (Å²) in [6, 6.07) is 0. The van der Waals surface area contributed by atoms with Crippen molar-refractivity contribution >= 4 is 27.6 Å². The highest BCUT2D eigenvalue weighted by atomic mass is 31.2. The van der Waals surface area contributed by atoms with E-state index in [4.69, 9.17) is 18.5 Å². The molecule has 0 amide bonds. The van der Waals surface area contributed by atoms with Gasteiger partial charge in [-0.3, -0.25) is 23.2 Å². The van der Waals surface area contributed by atoms with Crippen LogP contribution in [-0.4, -0.2) is 114 Å². The molecule has 0 aromatic carbocycles. The SMILES string of the molecule is CC/C=C\C/C=C\CC(O)/C=C/C=C\C/C=C\C/C=C\CCC(=O)O[C@H](COC(=O)CCCCCC/C=C\C/C=C\C/C=C\CCCCC)COP(=O)(O)O[C@H]1C(O)C(O)C(O)[C@@H](OP(=O)(O)O)C1O. The van der Waals surface area contributed by atoms with Crippen molar-refractivity contribution in [2.24, 2.45) is 0 Å². The minimum atomic E-state index is -5.39. The first-order valence-electron chi connectivity index (χ1n) is 24.5. The van der Waals surface area contributed by atoms with Gasteiger partial charge in [0, 0.05) is 12.8 Å². The van der Waals surface area contributed by atoms with Gasteiger partial charge in [-0.05, 0) is 83.5 Å². The fourth-order valence-corrected chi connectivity index (χ4v) is 8.15. The molecule has 0 bridgehead atoms. The molecule has 0 aliphatic heterocycles. The van der Waals surface area contributed by atoms with Crippen LogP contribution in [0.4, 0.5) is 0 Å². The Balaban J connectivity index is 2.68. The minimum absolute atomic E-state index is 0.0623. The number of phosphoric ester groups is 2. The highest BCUT2D eigenvalue weighted by Gasteiger charge is 2.54. The van der Waals surface area contributed by atoms with Gasteiger partial charge in [-0.2, -0.15) is 0 Å². The molecule has 9 atom stereocenters. The van der Waals surface area contributed by atoms with Crippen molar-refractivity contribution in [2.75, 3.05) is 13.2 Å². The molecular weight excluding hydrogens is 946 g/mol. The van der Waals surface area contributed by atoms with Gasteiger partial charge < -0.3 is 49.7 Å². The number of carbonyl (C=O) groups excluding carboxylic acids is 2. The lowest BCUT2D eigenvalue weighted by Crippen LogP contribution is -2.64. The highest BCUT2D eigenvalue weighted by molar-refractivity contribution is 7.47. The van der Waals surface area contributed by atoms with E-state index in [1.54, 1.807) is 18.2 Å². The van der Waals surface area contributed by atoms with Crippen molar-refractivity contribution in [1.82, 2.24) is 0 Å². The molecule has 1 aliphatic rings. The summed E-state index contributed by atoms with van der Waals surface area (Å²) in [6.07, 6.45) is 35.0. The Morgan fingerprint density at radius 2 is 1.07 bits per heavy atom. The molecule has 1 saturated carbocycles. The Morgan fingerprint density at radius 3 is 1.67 bits per heavy atom. The second kappa shape index (κ2) is 40.1. The van der Waals surface area contributed by atoms with Gasteiger partial charge in [0.2, 0.25) is 0 Å². The molecule has 6 unspecified atom stereocenters. The van der Waals surface area contributed by atoms with Gasteiger partial charge in [0.15, 0.2) is 6.10 Å². The van der Waals surface area contributed by atoms with Crippen LogP contribution in [0.3, 0.4) is 0 Å². The summed E-state index contributed by atoms with van der Waals surface area (Å²) in [5.41, 5.74) is 0. The number of ether oxygens (including phenoxy) is 2. The number of rotatable bonds is 39. The second-order valence-corrected chi connectivity index (χ2v) is 19.2. The lowest BCUT2D eigenvalue weighted by molar-refractivity contribution is -0.216. The predicted molar refractivity (Wildman–Crippen MR) is 270 cm³/mol. The number of aliphatic hydroxyl groups excluding tert-OH is 5. The van der Waals surface area contributed by atoms with Gasteiger partial charge in [-0.15, -0.1) is 0 Å². The Bertz CT molecular complexity index is 1780. The van der Waals surface area contributed by atoms with E-state index in [0.29, 0.717) is 25.7 Å². The van der Waals surface area contributed by atoms with Crippen molar-refractivity contribution in [3.05, 3.63) is 109 Å². The summed E-state index contributed by atoms with van der Waals surface area (Å²) in [5, 5.41) is 51.3. The summed E-state index contributed by atoms with van der Waals surface area (Å²) in [7, 11) is -10.7. The zero-order chi connectivity index (χ0) is 51.9. The van der Waals surface area contributed by atoms with Crippen molar-refractivity contribution in [2.45, 2.75) is 185 Å². The van der Waals surface area contributed by atoms with Crippen LogP contribution in [0.1, 0.15) is 136 Å². The van der Waals surface area contributed by atoms with Crippen LogP contribution in [0, 0.1) is 0 Å². The van der Waals surface area contributed by atoms with E-state index in [1.807, 2.05) is 42.5 Å². The number of phosphoric acid groups is 2. The smallest absolute Gasteiger partial charge is 0.462 e. The van der Waals surface area contributed by atoms with E-state index in [9.17, 15) is 58.9 Å². The molecule has 8 N–H and O–H groups in total. The van der Waals surface area contributed by atoms with Gasteiger partial charge in [0.1, 0.15) is 43.2 Å². The minimum Gasteiger partial charge on any atom is -0.462 e. The van der Waals surface area contributed by atoms with E-state index >= 15 is 0 Å². The summed E-state index contributed by atoms with van der Waals surface area (Å²) >= 11 is 0. The van der Waals surface area contributed by atoms with Gasteiger partial charge >= 0.3 is 27.6 Å². The number of aliphatic hydroxyl groups is 5. The fourth-order valence-electron chi connectivity index (χ4n) is 6.61. The summed E-state index contributed by atoms with van der Waals surface area (Å²) in [4.78, 5) is 54.3. The molecular formula is C51H82O17P2. The summed E-state index contributed by atoms with van der Waals surface area (Å²) < 4.78 is 49.3. The molecule has 0 aromatic rings. The quantitative estimate of drug-likeness (QED) is 0.00940. The van der Waals surface area contributed by atoms with E-state index in [-0.39, 0.29) is 19.3 Å². The number of hydrogen-bond donors (Lipinski definition) is 8. The molecule has 1 rings (SSSR count). The summed E-state index contributed by atoms with van der Waals surface area (Å²) in [6.45, 7) is 2.81. The number of unbranched alkanes of at least 4 members (excludes halogenated alkanes) is 7. The number of carbonyl (C=O) groups is 2. The number of esters is 2. The molecule has 19 heteroatoms. The molecule has 0 spiro atoms. The van der Waals surface area contributed by atoms with E-state index < -0.39 is 89.6 Å². The normalized spacial score (nSPS) is 22.4. The molecule has 0 heterocycles. The van der Waals surface area contributed by atoms with Crippen LogP contribution in [0.5, 0.6) is 0 Å². The number of allylic oxidation sites excluding steroid dienone is 16. The maximum atomic E-state index is 13.0. The topological polar surface area (TPSA) is 276 Å². The standard InChI is InChI=1S/C51H82O17P2/c1-3-5-7-9-11-12-13-14-15-16-17-18-19-23-26-30-34-38-44(53)64-40-43(41-65-70(62,63)68-51-48(57)46(55)47(56)50(49(51)58)67-69(59,60)61)66-45(54)39-35-31-27-24-21-20-22-25-29-33-37-42(52)36-32-28-10-8-6-4-2/h6,8,11-12,14-15,17-18,20-21,25,27-29,31-33,37,42-43,46-52,55-58H,3-5,7,9-10,13,16,19,22-24,26,30,34-36,38-41H2,1-2H3,(H,62,63)(H2,59,60,61)/b8-6-,12-11-,15-14-,18-17-,21-20-,29-25-,31-27-,32-28-,37-33+/t42?,43-,46?,47?,48?,49?,50-,51+/m1/s1. The van der Waals surface area contributed by atoms with E-state index in [0.717, 1.165) is 57.8 Å². The van der Waals surface area contributed by atoms with Crippen LogP contribution < -0.4 is 0 Å². The molecule has 17 nitrogen and oxygen atoms in total. The third kappa shape index (κ3) is 34.1. The molecule has 398 valence electrons. The first-order valence-corrected chi connectivity index (χ1v) is 27.6. The van der Waals surface area contributed by atoms with Crippen LogP contribution in [-0.2, 0) is 41.8 Å². The maximum absolute atomic E-state index is 13.0. The van der Waals surface area contributed by atoms with Crippen molar-refractivity contribution in [1.29, 1.82) is 0 Å². The third-order valence-corrected chi connectivity index (χ3v) is 11.9. The van der Waals surface area contributed by atoms with E-state index in [2.05, 4.69) is 67.0 Å². The lowest BCUT2D eigenvalue weighted by atomic mass is 9.85. The average Bonchev–Trinajstić information content (AvgIpc) is 3.31. The average molecular weight is 1030 g/mol. The molecule has 0 radical (unpaired) electrons. The van der Waals surface area contributed by atoms with Crippen LogP contribution in [0.2, 0.25) is 0 Å². The summed E-state index contributed by atoms with van der Waals surface area (Å²) in [5.74, 6) is -1.37. The molecule has 0 aromatic heterocycles. The first-order chi connectivity index (χ1) is 33.5. The first kappa shape index (κ1) is 64.6. The monoisotopic (exact) mass is 1030 g/mol. The van der Waals surface area contributed by atoms with Crippen LogP contribution in [0.15, 0.2) is 109 Å². The molecule has 0 saturated heterocycles. The Kier molecular flexibility index (Phi) is 37.1. The predicted octanol–water partition coefficient (Wildman–Crippen LogP) is 8.70. The van der Waals surface area contributed by atoms with Crippen LogP contribution in [0.25, 0.3) is 0 Å². The Hall–Kier alpha value is -3.38. The van der Waals surface area contributed by atoms with Crippen molar-refractivity contribution in [3.63, 3.8) is 0 Å². The van der Waals surface area contributed by atoms with Gasteiger partial charge in [-0.1, -0.05) is 149 Å². The molecule has 1 aliphatic carbocycles. The molecule has 1 fully saturated rings. The van der Waals surface area contributed by atoms with E-state index in [1.165, 1.54) is 19.3 Å². The zero-order valence-electron chi connectivity index (χ0n) is 41.0. The lowest BCUT2D eigenvalue weighted by Gasteiger charge is -2.43. The Morgan fingerprint density at radius 1 is 0.543 bits per heavy atom. The second-order valence-electron chi connectivity index (χ2n) is 16.6. The fraction of sp³-hybridized carbons (Fsp3) is 0.608. The van der Waals surface area contributed by atoms with Crippen molar-refractivity contribution < 1.29 is 82.0 Å². The van der Waals surface area contributed by atoms with Gasteiger partial charge in [0.05, 0.1) is 12.7 Å².